The lowest BCUT2D eigenvalue weighted by Gasteiger charge is -2.18. The lowest BCUT2D eigenvalue weighted by atomic mass is 9.88. The molecule has 2 aromatic rings. The van der Waals surface area contributed by atoms with Crippen molar-refractivity contribution in [1.29, 1.82) is 0 Å². The van der Waals surface area contributed by atoms with Gasteiger partial charge in [0.1, 0.15) is 10.8 Å². The maximum absolute atomic E-state index is 12.5. The first-order chi connectivity index (χ1) is 13.4. The van der Waals surface area contributed by atoms with Gasteiger partial charge in [-0.3, -0.25) is 9.89 Å². The fourth-order valence-corrected chi connectivity index (χ4v) is 5.15. The molecule has 1 aliphatic rings. The summed E-state index contributed by atoms with van der Waals surface area (Å²) in [7, 11) is 0. The van der Waals surface area contributed by atoms with E-state index in [9.17, 15) is 9.59 Å². The molecule has 0 fully saturated rings. The zero-order chi connectivity index (χ0) is 20.3. The molecule has 0 spiro atoms. The third-order valence-corrected chi connectivity index (χ3v) is 6.62. The average molecular weight is 423 g/mol. The van der Waals surface area contributed by atoms with Crippen molar-refractivity contribution in [3.8, 4) is 0 Å². The largest absolute Gasteiger partial charge is 0.462 e. The fraction of sp³-hybridized carbons (Fsp3) is 0.579. The monoisotopic (exact) mass is 422 g/mol. The van der Waals surface area contributed by atoms with Gasteiger partial charge in [0.25, 0.3) is 0 Å². The summed E-state index contributed by atoms with van der Waals surface area (Å²) >= 11 is 2.77. The summed E-state index contributed by atoms with van der Waals surface area (Å²) in [6, 6.07) is 0. The van der Waals surface area contributed by atoms with Crippen LogP contribution in [0.2, 0.25) is 0 Å². The number of ether oxygens (including phenoxy) is 1. The smallest absolute Gasteiger partial charge is 0.341 e. The highest BCUT2D eigenvalue weighted by molar-refractivity contribution is 7.99. The van der Waals surface area contributed by atoms with Gasteiger partial charge in [-0.05, 0) is 37.7 Å². The van der Waals surface area contributed by atoms with Crippen LogP contribution in [-0.2, 0) is 22.4 Å². The summed E-state index contributed by atoms with van der Waals surface area (Å²) < 4.78 is 5.24. The van der Waals surface area contributed by atoms with E-state index in [0.29, 0.717) is 28.2 Å². The van der Waals surface area contributed by atoms with Crippen LogP contribution in [0, 0.1) is 5.92 Å². The minimum Gasteiger partial charge on any atom is -0.462 e. The Morgan fingerprint density at radius 2 is 2.21 bits per heavy atom. The number of H-pyrrole nitrogens is 1. The number of hydrogen-bond acceptors (Lipinski definition) is 7. The predicted molar refractivity (Wildman–Crippen MR) is 111 cm³/mol. The van der Waals surface area contributed by atoms with E-state index in [1.54, 1.807) is 6.92 Å². The highest BCUT2D eigenvalue weighted by atomic mass is 32.2. The van der Waals surface area contributed by atoms with E-state index in [1.165, 1.54) is 28.0 Å². The number of thioether (sulfide) groups is 1. The minimum atomic E-state index is -0.354. The van der Waals surface area contributed by atoms with Crippen LogP contribution < -0.4 is 5.32 Å². The quantitative estimate of drug-likeness (QED) is 0.517. The summed E-state index contributed by atoms with van der Waals surface area (Å²) in [5.41, 5.74) is 1.58. The van der Waals surface area contributed by atoms with Crippen LogP contribution in [0.1, 0.15) is 66.7 Å². The molecule has 0 bridgehead atoms. The molecule has 0 aromatic carbocycles. The van der Waals surface area contributed by atoms with Crippen LogP contribution in [0.4, 0.5) is 5.00 Å². The number of carbonyl (C=O) groups excluding carboxylic acids is 2. The number of nitrogens with one attached hydrogen (secondary N) is 2. The Morgan fingerprint density at radius 1 is 1.43 bits per heavy atom. The van der Waals surface area contributed by atoms with Crippen molar-refractivity contribution in [3.63, 3.8) is 0 Å². The predicted octanol–water partition coefficient (Wildman–Crippen LogP) is 4.02. The molecule has 7 nitrogen and oxygen atoms in total. The van der Waals surface area contributed by atoms with Gasteiger partial charge in [-0.15, -0.1) is 16.4 Å². The van der Waals surface area contributed by atoms with Crippen molar-refractivity contribution >= 4 is 40.0 Å². The van der Waals surface area contributed by atoms with Gasteiger partial charge in [0, 0.05) is 10.8 Å². The van der Waals surface area contributed by atoms with Gasteiger partial charge < -0.3 is 10.1 Å². The number of rotatable bonds is 7. The van der Waals surface area contributed by atoms with Gasteiger partial charge in [-0.2, -0.15) is 0 Å². The van der Waals surface area contributed by atoms with Gasteiger partial charge in [-0.25, -0.2) is 9.78 Å². The van der Waals surface area contributed by atoms with Crippen LogP contribution in [0.5, 0.6) is 0 Å². The molecule has 28 heavy (non-hydrogen) atoms. The van der Waals surface area contributed by atoms with E-state index in [0.717, 1.165) is 30.7 Å². The molecule has 0 saturated carbocycles. The van der Waals surface area contributed by atoms with Crippen molar-refractivity contribution in [3.05, 3.63) is 21.8 Å². The van der Waals surface area contributed by atoms with Crippen molar-refractivity contribution < 1.29 is 14.3 Å². The van der Waals surface area contributed by atoms with Crippen LogP contribution >= 0.6 is 23.1 Å². The summed E-state index contributed by atoms with van der Waals surface area (Å²) in [4.78, 5) is 30.6. The summed E-state index contributed by atoms with van der Waals surface area (Å²) in [5, 5.41) is 11.1. The normalized spacial score (nSPS) is 16.1. The fourth-order valence-electron chi connectivity index (χ4n) is 3.13. The third kappa shape index (κ3) is 4.75. The third-order valence-electron chi connectivity index (χ3n) is 4.61. The second-order valence-corrected chi connectivity index (χ2v) is 9.32. The van der Waals surface area contributed by atoms with Gasteiger partial charge in [0.2, 0.25) is 11.1 Å². The highest BCUT2D eigenvalue weighted by Gasteiger charge is 2.29. The molecule has 1 atom stereocenters. The molecule has 1 aliphatic carbocycles. The molecule has 0 aliphatic heterocycles. The minimum absolute atomic E-state index is 0.177. The Balaban J connectivity index is 1.71. The number of esters is 1. The standard InChI is InChI=1S/C19H26N4O3S2/c1-5-26-18(25)15-12-7-6-11(4)8-13(12)28-17(15)20-14(24)9-27-19-21-16(10(2)3)22-23-19/h10-11H,5-9H2,1-4H3,(H,20,24)(H,21,22,23). The Bertz CT molecular complexity index is 859. The van der Waals surface area contributed by atoms with Crippen LogP contribution in [-0.4, -0.2) is 39.4 Å². The van der Waals surface area contributed by atoms with E-state index in [2.05, 4.69) is 27.4 Å². The molecule has 2 heterocycles. The molecule has 1 unspecified atom stereocenters. The first-order valence-corrected chi connectivity index (χ1v) is 11.4. The van der Waals surface area contributed by atoms with Gasteiger partial charge >= 0.3 is 5.97 Å². The number of aromatic nitrogens is 3. The lowest BCUT2D eigenvalue weighted by molar-refractivity contribution is -0.113. The maximum Gasteiger partial charge on any atom is 0.341 e. The molecular formula is C19H26N4O3S2. The van der Waals surface area contributed by atoms with Crippen LogP contribution in [0.3, 0.4) is 0 Å². The molecule has 152 valence electrons. The van der Waals surface area contributed by atoms with Gasteiger partial charge in [0.15, 0.2) is 0 Å². The zero-order valence-electron chi connectivity index (χ0n) is 16.6. The molecule has 2 aromatic heterocycles. The van der Waals surface area contributed by atoms with E-state index >= 15 is 0 Å². The first-order valence-electron chi connectivity index (χ1n) is 9.55. The second-order valence-electron chi connectivity index (χ2n) is 7.27. The van der Waals surface area contributed by atoms with E-state index in [1.807, 2.05) is 13.8 Å². The lowest BCUT2D eigenvalue weighted by Crippen LogP contribution is -2.17. The number of thiophene rings is 1. The molecule has 0 saturated heterocycles. The van der Waals surface area contributed by atoms with Gasteiger partial charge in [0.05, 0.1) is 17.9 Å². The number of nitrogens with zero attached hydrogens (tertiary/aromatic N) is 2. The Kier molecular flexibility index (Phi) is 6.77. The SMILES string of the molecule is CCOC(=O)c1c(NC(=O)CSc2n[nH]c(C(C)C)n2)sc2c1CCC(C)C2. The second kappa shape index (κ2) is 9.09. The molecule has 2 N–H and O–H groups in total. The van der Waals surface area contributed by atoms with Gasteiger partial charge in [-0.1, -0.05) is 32.5 Å². The maximum atomic E-state index is 12.5. The molecule has 3 rings (SSSR count). The first kappa shape index (κ1) is 20.9. The number of hydrogen-bond donors (Lipinski definition) is 2. The zero-order valence-corrected chi connectivity index (χ0v) is 18.3. The number of amides is 1. The Labute approximate surface area is 173 Å². The number of fused-ring (bicyclic) bond motifs is 1. The van der Waals surface area contributed by atoms with Crippen LogP contribution in [0.25, 0.3) is 0 Å². The van der Waals surface area contributed by atoms with E-state index < -0.39 is 0 Å². The van der Waals surface area contributed by atoms with E-state index in [4.69, 9.17) is 4.74 Å². The number of carbonyl (C=O) groups is 2. The summed E-state index contributed by atoms with van der Waals surface area (Å²) in [6.45, 7) is 8.36. The van der Waals surface area contributed by atoms with Crippen molar-refractivity contribution in [1.82, 2.24) is 15.2 Å². The topological polar surface area (TPSA) is 97.0 Å². The molecule has 9 heteroatoms. The molecule has 0 radical (unpaired) electrons. The average Bonchev–Trinajstić information content (AvgIpc) is 3.24. The Morgan fingerprint density at radius 3 is 2.89 bits per heavy atom. The number of aromatic amines is 1. The molecule has 1 amide bonds. The highest BCUT2D eigenvalue weighted by Crippen LogP contribution is 2.40. The summed E-state index contributed by atoms with van der Waals surface area (Å²) in [6.07, 6.45) is 2.83. The summed E-state index contributed by atoms with van der Waals surface area (Å²) in [5.74, 6) is 1.28. The van der Waals surface area contributed by atoms with Crippen molar-refractivity contribution in [2.45, 2.75) is 58.0 Å². The number of anilines is 1. The Hall–Kier alpha value is -1.87. The molecular weight excluding hydrogens is 396 g/mol. The van der Waals surface area contributed by atoms with E-state index in [-0.39, 0.29) is 23.5 Å². The van der Waals surface area contributed by atoms with Crippen LogP contribution in [0.15, 0.2) is 5.16 Å². The van der Waals surface area contributed by atoms with Crippen molar-refractivity contribution in [2.75, 3.05) is 17.7 Å². The van der Waals surface area contributed by atoms with Crippen molar-refractivity contribution in [2.24, 2.45) is 5.92 Å².